The molecule has 2 aromatic carbocycles. The summed E-state index contributed by atoms with van der Waals surface area (Å²) in [6, 6.07) is 13.4. The molecular weight excluding hydrogens is 352 g/mol. The first-order valence-corrected chi connectivity index (χ1v) is 9.47. The molecule has 28 heavy (non-hydrogen) atoms. The van der Waals surface area contributed by atoms with E-state index in [9.17, 15) is 9.59 Å². The van der Waals surface area contributed by atoms with Crippen molar-refractivity contribution in [3.05, 3.63) is 60.3 Å². The summed E-state index contributed by atoms with van der Waals surface area (Å²) in [5, 5.41) is 6.17. The third-order valence-corrected chi connectivity index (χ3v) is 5.25. The van der Waals surface area contributed by atoms with Crippen molar-refractivity contribution < 1.29 is 9.59 Å². The van der Waals surface area contributed by atoms with Crippen molar-refractivity contribution in [2.75, 3.05) is 43.9 Å². The molecule has 2 aliphatic rings. The molecule has 4 rings (SSSR count). The van der Waals surface area contributed by atoms with Gasteiger partial charge in [-0.05, 0) is 30.8 Å². The fourth-order valence-corrected chi connectivity index (χ4v) is 3.63. The molecule has 1 fully saturated rings. The van der Waals surface area contributed by atoms with Gasteiger partial charge in [-0.15, -0.1) is 0 Å². The quantitative estimate of drug-likeness (QED) is 0.846. The first kappa shape index (κ1) is 18.3. The third kappa shape index (κ3) is 3.64. The number of nitrogens with zero attached hydrogens (tertiary/aromatic N) is 2. The van der Waals surface area contributed by atoms with Gasteiger partial charge in [0, 0.05) is 43.0 Å². The summed E-state index contributed by atoms with van der Waals surface area (Å²) >= 11 is 0. The highest BCUT2D eigenvalue weighted by atomic mass is 16.2. The summed E-state index contributed by atoms with van der Waals surface area (Å²) in [7, 11) is 2.07. The number of carbonyl (C=O) groups excluding carboxylic acids is 2. The summed E-state index contributed by atoms with van der Waals surface area (Å²) in [4.78, 5) is 28.8. The van der Waals surface area contributed by atoms with Crippen LogP contribution in [0.1, 0.15) is 16.8 Å². The van der Waals surface area contributed by atoms with Gasteiger partial charge in [-0.25, -0.2) is 0 Å². The minimum Gasteiger partial charge on any atom is -0.357 e. The van der Waals surface area contributed by atoms with Gasteiger partial charge in [0.25, 0.3) is 5.91 Å². The van der Waals surface area contributed by atoms with Crippen LogP contribution in [0.4, 0.5) is 11.4 Å². The van der Waals surface area contributed by atoms with Crippen LogP contribution in [0.2, 0.25) is 0 Å². The van der Waals surface area contributed by atoms with Gasteiger partial charge in [-0.3, -0.25) is 9.59 Å². The predicted molar refractivity (Wildman–Crippen MR) is 111 cm³/mol. The van der Waals surface area contributed by atoms with Gasteiger partial charge in [-0.1, -0.05) is 30.8 Å². The van der Waals surface area contributed by atoms with Crippen molar-refractivity contribution in [3.8, 4) is 11.1 Å². The van der Waals surface area contributed by atoms with Gasteiger partial charge in [0.05, 0.1) is 17.8 Å². The molecule has 2 N–H and O–H groups in total. The molecule has 2 heterocycles. The van der Waals surface area contributed by atoms with Crippen LogP contribution in [0, 0.1) is 0 Å². The number of para-hydroxylation sites is 1. The molecule has 0 radical (unpaired) electrons. The van der Waals surface area contributed by atoms with Crippen molar-refractivity contribution in [2.45, 2.75) is 6.42 Å². The molecule has 144 valence electrons. The van der Waals surface area contributed by atoms with E-state index in [-0.39, 0.29) is 18.2 Å². The fraction of sp³-hybridized carbons (Fsp3) is 0.273. The molecule has 0 aliphatic carbocycles. The van der Waals surface area contributed by atoms with E-state index in [2.05, 4.69) is 29.2 Å². The van der Waals surface area contributed by atoms with Gasteiger partial charge in [0.1, 0.15) is 0 Å². The van der Waals surface area contributed by atoms with Gasteiger partial charge < -0.3 is 20.4 Å². The minimum atomic E-state index is -0.0819. The fourth-order valence-electron chi connectivity index (χ4n) is 3.63. The molecule has 2 aliphatic heterocycles. The maximum Gasteiger partial charge on any atom is 0.253 e. The second-order valence-corrected chi connectivity index (χ2v) is 7.35. The first-order valence-electron chi connectivity index (χ1n) is 9.47. The number of fused-ring (bicyclic) bond motifs is 1. The summed E-state index contributed by atoms with van der Waals surface area (Å²) in [6.45, 7) is 7.25. The number of nitrogens with one attached hydrogen (secondary N) is 2. The molecule has 0 saturated carbocycles. The molecule has 0 atom stereocenters. The number of hydrogen-bond acceptors (Lipinski definition) is 4. The van der Waals surface area contributed by atoms with E-state index in [1.807, 2.05) is 47.4 Å². The largest absolute Gasteiger partial charge is 0.357 e. The molecule has 6 nitrogen and oxygen atoms in total. The Bertz CT molecular complexity index is 928. The summed E-state index contributed by atoms with van der Waals surface area (Å²) in [5.74, 6) is -0.00757. The minimum absolute atomic E-state index is 0.0744. The molecule has 1 saturated heterocycles. The lowest BCUT2D eigenvalue weighted by molar-refractivity contribution is -0.115. The van der Waals surface area contributed by atoms with E-state index < -0.39 is 0 Å². The Morgan fingerprint density at radius 2 is 1.71 bits per heavy atom. The average molecular weight is 376 g/mol. The Hall–Kier alpha value is -3.12. The number of carbonyl (C=O) groups is 2. The highest BCUT2D eigenvalue weighted by Crippen LogP contribution is 2.37. The zero-order valence-electron chi connectivity index (χ0n) is 16.0. The third-order valence-electron chi connectivity index (χ3n) is 5.25. The summed E-state index contributed by atoms with van der Waals surface area (Å²) < 4.78 is 0. The van der Waals surface area contributed by atoms with Crippen molar-refractivity contribution >= 4 is 23.2 Å². The zero-order valence-corrected chi connectivity index (χ0v) is 16.0. The van der Waals surface area contributed by atoms with Crippen LogP contribution in [0.25, 0.3) is 11.1 Å². The number of benzene rings is 2. The molecular formula is C22H24N4O2. The monoisotopic (exact) mass is 376 g/mol. The number of amides is 2. The Morgan fingerprint density at radius 3 is 2.43 bits per heavy atom. The van der Waals surface area contributed by atoms with Crippen molar-refractivity contribution in [1.29, 1.82) is 0 Å². The lowest BCUT2D eigenvalue weighted by Crippen LogP contribution is -2.47. The number of likely N-dealkylation sites (N-methyl/N-ethyl adjacent to an activating group) is 1. The highest BCUT2D eigenvalue weighted by molar-refractivity contribution is 6.02. The van der Waals surface area contributed by atoms with Crippen molar-refractivity contribution in [1.82, 2.24) is 9.80 Å². The average Bonchev–Trinajstić information content (AvgIpc) is 2.84. The standard InChI is InChI=1S/C22H24N4O2/c1-15-14-20(27)24-19-5-3-4-18(21(19)23-15)16-6-8-17(9-7-16)22(28)26-12-10-25(2)11-13-26/h3-9,23H,1,10-14H2,2H3,(H,24,27). The van der Waals surface area contributed by atoms with Crippen molar-refractivity contribution in [2.24, 2.45) is 0 Å². The topological polar surface area (TPSA) is 64.7 Å². The number of piperazine rings is 1. The summed E-state index contributed by atoms with van der Waals surface area (Å²) in [5.41, 5.74) is 4.85. The van der Waals surface area contributed by atoms with Crippen LogP contribution in [0.15, 0.2) is 54.7 Å². The van der Waals surface area contributed by atoms with Gasteiger partial charge in [0.15, 0.2) is 0 Å². The number of hydrogen-bond donors (Lipinski definition) is 2. The van der Waals surface area contributed by atoms with Gasteiger partial charge in [-0.2, -0.15) is 0 Å². The number of anilines is 2. The Kier molecular flexibility index (Phi) is 4.88. The van der Waals surface area contributed by atoms with E-state index in [1.54, 1.807) is 0 Å². The number of rotatable bonds is 2. The van der Waals surface area contributed by atoms with Gasteiger partial charge in [0.2, 0.25) is 5.91 Å². The van der Waals surface area contributed by atoms with Crippen LogP contribution >= 0.6 is 0 Å². The molecule has 2 amide bonds. The van der Waals surface area contributed by atoms with Crippen molar-refractivity contribution in [3.63, 3.8) is 0 Å². The smallest absolute Gasteiger partial charge is 0.253 e. The van der Waals surface area contributed by atoms with E-state index in [0.717, 1.165) is 48.7 Å². The molecule has 6 heteroatoms. The Morgan fingerprint density at radius 1 is 1.00 bits per heavy atom. The van der Waals surface area contributed by atoms with Crippen LogP contribution in [0.5, 0.6) is 0 Å². The zero-order chi connectivity index (χ0) is 19.7. The Labute approximate surface area is 164 Å². The van der Waals surface area contributed by atoms with Crippen LogP contribution < -0.4 is 10.6 Å². The SMILES string of the molecule is C=C1CC(=O)Nc2cccc(-c3ccc(C(=O)N4CCN(C)CC4)cc3)c2N1. The molecule has 2 aromatic rings. The maximum atomic E-state index is 12.7. The molecule has 0 aromatic heterocycles. The maximum absolute atomic E-state index is 12.7. The Balaban J connectivity index is 1.60. The molecule has 0 spiro atoms. The lowest BCUT2D eigenvalue weighted by Gasteiger charge is -2.32. The lowest BCUT2D eigenvalue weighted by atomic mass is 10.0. The summed E-state index contributed by atoms with van der Waals surface area (Å²) in [6.07, 6.45) is 0.243. The van der Waals surface area contributed by atoms with E-state index >= 15 is 0 Å². The van der Waals surface area contributed by atoms with Gasteiger partial charge >= 0.3 is 0 Å². The van der Waals surface area contributed by atoms with E-state index in [4.69, 9.17) is 0 Å². The van der Waals surface area contributed by atoms with E-state index in [1.165, 1.54) is 0 Å². The predicted octanol–water partition coefficient (Wildman–Crippen LogP) is 3.01. The van der Waals surface area contributed by atoms with Crippen LogP contribution in [-0.2, 0) is 4.79 Å². The first-order chi connectivity index (χ1) is 13.5. The highest BCUT2D eigenvalue weighted by Gasteiger charge is 2.21. The second kappa shape index (κ2) is 7.48. The van der Waals surface area contributed by atoms with E-state index in [0.29, 0.717) is 11.3 Å². The molecule has 0 bridgehead atoms. The second-order valence-electron chi connectivity index (χ2n) is 7.35. The molecule has 0 unspecified atom stereocenters. The van der Waals surface area contributed by atoms with Crippen LogP contribution in [-0.4, -0.2) is 54.8 Å². The van der Waals surface area contributed by atoms with Crippen LogP contribution in [0.3, 0.4) is 0 Å². The normalized spacial score (nSPS) is 17.4.